The minimum absolute atomic E-state index is 0.406. The monoisotopic (exact) mass is 199 g/mol. The van der Waals surface area contributed by atoms with Crippen molar-refractivity contribution in [2.24, 2.45) is 0 Å². The fourth-order valence-corrected chi connectivity index (χ4v) is 2.22. The van der Waals surface area contributed by atoms with Gasteiger partial charge in [0.2, 0.25) is 0 Å². The number of aromatic amines is 1. The van der Waals surface area contributed by atoms with Crippen LogP contribution in [0.3, 0.4) is 0 Å². The SMILES string of the molecule is c1n[nH]c(SCC2CCCCO2)n1. The highest BCUT2D eigenvalue weighted by molar-refractivity contribution is 7.99. The van der Waals surface area contributed by atoms with E-state index in [1.165, 1.54) is 25.6 Å². The summed E-state index contributed by atoms with van der Waals surface area (Å²) in [6, 6.07) is 0. The Kier molecular flexibility index (Phi) is 3.21. The van der Waals surface area contributed by atoms with Crippen LogP contribution in [-0.2, 0) is 4.74 Å². The Balaban J connectivity index is 1.72. The maximum Gasteiger partial charge on any atom is 0.183 e. The number of hydrogen-bond donors (Lipinski definition) is 1. The van der Waals surface area contributed by atoms with Gasteiger partial charge in [-0.25, -0.2) is 4.98 Å². The molecule has 1 aliphatic rings. The van der Waals surface area contributed by atoms with Gasteiger partial charge in [-0.15, -0.1) is 0 Å². The first-order valence-corrected chi connectivity index (χ1v) is 5.53. The van der Waals surface area contributed by atoms with Crippen molar-refractivity contribution in [2.45, 2.75) is 30.5 Å². The Labute approximate surface area is 81.5 Å². The average molecular weight is 199 g/mol. The van der Waals surface area contributed by atoms with E-state index in [1.54, 1.807) is 11.8 Å². The van der Waals surface area contributed by atoms with Crippen LogP contribution in [0.15, 0.2) is 11.5 Å². The van der Waals surface area contributed by atoms with Crippen molar-refractivity contribution in [1.29, 1.82) is 0 Å². The molecule has 1 unspecified atom stereocenters. The smallest absolute Gasteiger partial charge is 0.183 e. The first-order chi connectivity index (χ1) is 6.45. The van der Waals surface area contributed by atoms with Gasteiger partial charge in [0.05, 0.1) is 6.10 Å². The Morgan fingerprint density at radius 2 is 2.62 bits per heavy atom. The fraction of sp³-hybridized carbons (Fsp3) is 0.750. The lowest BCUT2D eigenvalue weighted by atomic mass is 10.1. The number of hydrogen-bond acceptors (Lipinski definition) is 4. The molecule has 1 aromatic heterocycles. The van der Waals surface area contributed by atoms with Crippen LogP contribution in [0, 0.1) is 0 Å². The number of nitrogens with zero attached hydrogens (tertiary/aromatic N) is 2. The summed E-state index contributed by atoms with van der Waals surface area (Å²) in [5, 5.41) is 7.49. The number of ether oxygens (including phenoxy) is 1. The van der Waals surface area contributed by atoms with Gasteiger partial charge in [-0.1, -0.05) is 11.8 Å². The molecule has 1 atom stereocenters. The van der Waals surface area contributed by atoms with Crippen LogP contribution in [0.25, 0.3) is 0 Å². The molecule has 2 rings (SSSR count). The lowest BCUT2D eigenvalue weighted by Crippen LogP contribution is -2.21. The van der Waals surface area contributed by atoms with Gasteiger partial charge < -0.3 is 4.74 Å². The van der Waals surface area contributed by atoms with Crippen molar-refractivity contribution >= 4 is 11.8 Å². The molecule has 1 aliphatic heterocycles. The second-order valence-corrected chi connectivity index (χ2v) is 4.10. The van der Waals surface area contributed by atoms with E-state index in [-0.39, 0.29) is 0 Å². The first kappa shape index (κ1) is 9.02. The van der Waals surface area contributed by atoms with Crippen molar-refractivity contribution < 1.29 is 4.74 Å². The summed E-state index contributed by atoms with van der Waals surface area (Å²) in [6.45, 7) is 0.918. The third-order valence-corrected chi connectivity index (χ3v) is 3.08. The van der Waals surface area contributed by atoms with Gasteiger partial charge in [0.25, 0.3) is 0 Å². The van der Waals surface area contributed by atoms with Crippen LogP contribution in [0.5, 0.6) is 0 Å². The number of nitrogens with one attached hydrogen (secondary N) is 1. The summed E-state index contributed by atoms with van der Waals surface area (Å²) in [6.07, 6.45) is 5.62. The summed E-state index contributed by atoms with van der Waals surface area (Å²) in [7, 11) is 0. The van der Waals surface area contributed by atoms with Crippen molar-refractivity contribution in [3.8, 4) is 0 Å². The van der Waals surface area contributed by atoms with Crippen LogP contribution in [0.4, 0.5) is 0 Å². The second kappa shape index (κ2) is 4.62. The Morgan fingerprint density at radius 1 is 1.62 bits per heavy atom. The molecule has 2 heterocycles. The summed E-state index contributed by atoms with van der Waals surface area (Å²) >= 11 is 1.68. The maximum atomic E-state index is 5.59. The Hall–Kier alpha value is -0.550. The Morgan fingerprint density at radius 3 is 3.31 bits per heavy atom. The minimum Gasteiger partial charge on any atom is -0.377 e. The van der Waals surface area contributed by atoms with E-state index in [4.69, 9.17) is 4.74 Å². The summed E-state index contributed by atoms with van der Waals surface area (Å²) in [4.78, 5) is 4.04. The van der Waals surface area contributed by atoms with E-state index in [0.717, 1.165) is 17.5 Å². The highest BCUT2D eigenvalue weighted by Gasteiger charge is 2.14. The number of thioether (sulfide) groups is 1. The molecule has 0 radical (unpaired) electrons. The second-order valence-electron chi connectivity index (χ2n) is 3.09. The van der Waals surface area contributed by atoms with E-state index in [2.05, 4.69) is 15.2 Å². The van der Waals surface area contributed by atoms with E-state index in [0.29, 0.717) is 6.10 Å². The van der Waals surface area contributed by atoms with E-state index in [1.807, 2.05) is 0 Å². The van der Waals surface area contributed by atoms with Gasteiger partial charge in [0, 0.05) is 12.4 Å². The molecule has 4 nitrogen and oxygen atoms in total. The van der Waals surface area contributed by atoms with Crippen LogP contribution in [-0.4, -0.2) is 33.6 Å². The van der Waals surface area contributed by atoms with Crippen molar-refractivity contribution in [3.63, 3.8) is 0 Å². The van der Waals surface area contributed by atoms with Crippen molar-refractivity contribution in [1.82, 2.24) is 15.2 Å². The first-order valence-electron chi connectivity index (χ1n) is 4.55. The van der Waals surface area contributed by atoms with Gasteiger partial charge in [0.1, 0.15) is 6.33 Å². The molecule has 1 aromatic rings. The number of H-pyrrole nitrogens is 1. The normalized spacial score (nSPS) is 23.2. The topological polar surface area (TPSA) is 50.8 Å². The van der Waals surface area contributed by atoms with Crippen molar-refractivity contribution in [2.75, 3.05) is 12.4 Å². The molecular formula is C8H13N3OS. The predicted molar refractivity (Wildman–Crippen MR) is 50.7 cm³/mol. The van der Waals surface area contributed by atoms with E-state index in [9.17, 15) is 0 Å². The minimum atomic E-state index is 0.406. The summed E-state index contributed by atoms with van der Waals surface area (Å²) < 4.78 is 5.59. The summed E-state index contributed by atoms with van der Waals surface area (Å²) in [5.41, 5.74) is 0. The molecule has 0 saturated carbocycles. The molecule has 0 spiro atoms. The van der Waals surface area contributed by atoms with E-state index >= 15 is 0 Å². The maximum absolute atomic E-state index is 5.59. The van der Waals surface area contributed by atoms with Gasteiger partial charge in [-0.05, 0) is 19.3 Å². The molecule has 0 amide bonds. The highest BCUT2D eigenvalue weighted by atomic mass is 32.2. The number of rotatable bonds is 3. The van der Waals surface area contributed by atoms with Gasteiger partial charge in [-0.2, -0.15) is 5.10 Å². The molecule has 5 heteroatoms. The zero-order chi connectivity index (χ0) is 8.93. The molecule has 0 aliphatic carbocycles. The van der Waals surface area contributed by atoms with Crippen LogP contribution in [0.1, 0.15) is 19.3 Å². The molecule has 0 bridgehead atoms. The highest BCUT2D eigenvalue weighted by Crippen LogP contribution is 2.20. The van der Waals surface area contributed by atoms with E-state index < -0.39 is 0 Å². The lowest BCUT2D eigenvalue weighted by Gasteiger charge is -2.21. The predicted octanol–water partition coefficient (Wildman–Crippen LogP) is 1.47. The van der Waals surface area contributed by atoms with Crippen LogP contribution in [0.2, 0.25) is 0 Å². The van der Waals surface area contributed by atoms with Crippen LogP contribution < -0.4 is 0 Å². The molecule has 13 heavy (non-hydrogen) atoms. The quantitative estimate of drug-likeness (QED) is 0.749. The summed E-state index contributed by atoms with van der Waals surface area (Å²) in [5.74, 6) is 0.981. The molecule has 1 N–H and O–H groups in total. The average Bonchev–Trinajstić information content (AvgIpc) is 2.69. The largest absolute Gasteiger partial charge is 0.377 e. The molecule has 0 aromatic carbocycles. The standard InChI is InChI=1S/C8H13N3OS/c1-2-4-12-7(3-1)5-13-8-9-6-10-11-8/h6-7H,1-5H2,(H,9,10,11). The van der Waals surface area contributed by atoms with Gasteiger partial charge in [-0.3, -0.25) is 5.10 Å². The van der Waals surface area contributed by atoms with Crippen LogP contribution >= 0.6 is 11.8 Å². The van der Waals surface area contributed by atoms with Gasteiger partial charge in [0.15, 0.2) is 5.16 Å². The van der Waals surface area contributed by atoms with Crippen molar-refractivity contribution in [3.05, 3.63) is 6.33 Å². The van der Waals surface area contributed by atoms with Gasteiger partial charge >= 0.3 is 0 Å². The fourth-order valence-electron chi connectivity index (χ4n) is 1.37. The molecule has 72 valence electrons. The third kappa shape index (κ3) is 2.70. The lowest BCUT2D eigenvalue weighted by molar-refractivity contribution is 0.0315. The zero-order valence-corrected chi connectivity index (χ0v) is 8.22. The molecule has 1 fully saturated rings. The molecule has 1 saturated heterocycles. The number of aromatic nitrogens is 3. The third-order valence-electron chi connectivity index (χ3n) is 2.07. The molecular weight excluding hydrogens is 186 g/mol. The zero-order valence-electron chi connectivity index (χ0n) is 7.40. The Bertz CT molecular complexity index is 234.